The van der Waals surface area contributed by atoms with Gasteiger partial charge >= 0.3 is 5.97 Å². The number of thioether (sulfide) groups is 1. The third kappa shape index (κ3) is 2.95. The molecule has 6 nitrogen and oxygen atoms in total. The molecule has 1 N–H and O–H groups in total. The lowest BCUT2D eigenvalue weighted by atomic mass is 9.80. The molecule has 1 aliphatic heterocycles. The molecule has 124 valence electrons. The van der Waals surface area contributed by atoms with Gasteiger partial charge in [-0.05, 0) is 12.8 Å². The van der Waals surface area contributed by atoms with Crippen LogP contribution in [0.5, 0.6) is 0 Å². The van der Waals surface area contributed by atoms with Crippen molar-refractivity contribution in [2.45, 2.75) is 57.0 Å². The molecule has 7 heteroatoms. The third-order valence-electron chi connectivity index (χ3n) is 4.84. The molecule has 22 heavy (non-hydrogen) atoms. The van der Waals surface area contributed by atoms with Gasteiger partial charge in [-0.3, -0.25) is 9.59 Å². The van der Waals surface area contributed by atoms with Crippen LogP contribution in [0, 0.1) is 0 Å². The van der Waals surface area contributed by atoms with E-state index in [0.717, 1.165) is 19.3 Å². The van der Waals surface area contributed by atoms with Gasteiger partial charge in [0.25, 0.3) is 0 Å². The highest BCUT2D eigenvalue weighted by Gasteiger charge is 2.48. The van der Waals surface area contributed by atoms with Gasteiger partial charge in [0.2, 0.25) is 11.8 Å². The Balaban J connectivity index is 2.19. The van der Waals surface area contributed by atoms with Gasteiger partial charge in [0.15, 0.2) is 0 Å². The zero-order valence-electron chi connectivity index (χ0n) is 13.2. The predicted octanol–water partition coefficient (Wildman–Crippen LogP) is 1.54. The van der Waals surface area contributed by atoms with Crippen LogP contribution in [-0.2, 0) is 14.4 Å². The van der Waals surface area contributed by atoms with Gasteiger partial charge < -0.3 is 14.9 Å². The summed E-state index contributed by atoms with van der Waals surface area (Å²) in [6.07, 6.45) is 4.00. The Labute approximate surface area is 135 Å². The first-order chi connectivity index (χ1) is 10.4. The summed E-state index contributed by atoms with van der Waals surface area (Å²) < 4.78 is 0. The summed E-state index contributed by atoms with van der Waals surface area (Å²) in [5.74, 6) is -0.162. The summed E-state index contributed by atoms with van der Waals surface area (Å²) in [6, 6.07) is -0.527. The molecule has 1 saturated carbocycles. The Morgan fingerprint density at radius 1 is 1.27 bits per heavy atom. The SMILES string of the molecule is CCC(=O)N1CSCC1C(=O)N(C)C1(C(=O)O)CCCCC1. The van der Waals surface area contributed by atoms with Crippen molar-refractivity contribution in [2.24, 2.45) is 0 Å². The van der Waals surface area contributed by atoms with Crippen LogP contribution in [0.4, 0.5) is 0 Å². The van der Waals surface area contributed by atoms with Crippen molar-refractivity contribution < 1.29 is 19.5 Å². The first kappa shape index (κ1) is 17.1. The smallest absolute Gasteiger partial charge is 0.329 e. The number of amides is 2. The van der Waals surface area contributed by atoms with Crippen molar-refractivity contribution in [1.82, 2.24) is 9.80 Å². The van der Waals surface area contributed by atoms with Gasteiger partial charge in [-0.2, -0.15) is 0 Å². The fourth-order valence-corrected chi connectivity index (χ4v) is 4.53. The summed E-state index contributed by atoms with van der Waals surface area (Å²) in [6.45, 7) is 1.77. The molecule has 1 aliphatic carbocycles. The molecule has 1 unspecified atom stereocenters. The van der Waals surface area contributed by atoms with Crippen molar-refractivity contribution in [3.05, 3.63) is 0 Å². The quantitative estimate of drug-likeness (QED) is 0.847. The minimum Gasteiger partial charge on any atom is -0.479 e. The summed E-state index contributed by atoms with van der Waals surface area (Å²) in [5, 5.41) is 9.69. The summed E-state index contributed by atoms with van der Waals surface area (Å²) in [4.78, 5) is 39.6. The molecule has 0 bridgehead atoms. The standard InChI is InChI=1S/C15H24N2O4S/c1-3-12(18)17-10-22-9-11(17)13(19)16(2)15(14(20)21)7-5-4-6-8-15/h11H,3-10H2,1-2H3,(H,20,21). The molecule has 0 aromatic rings. The molecule has 0 aromatic heterocycles. The number of likely N-dealkylation sites (N-methyl/N-ethyl adjacent to an activating group) is 1. The molecule has 1 heterocycles. The van der Waals surface area contributed by atoms with Crippen molar-refractivity contribution in [1.29, 1.82) is 0 Å². The normalized spacial score (nSPS) is 24.1. The number of hydrogen-bond acceptors (Lipinski definition) is 4. The van der Waals surface area contributed by atoms with Gasteiger partial charge in [-0.15, -0.1) is 11.8 Å². The van der Waals surface area contributed by atoms with E-state index < -0.39 is 17.6 Å². The Morgan fingerprint density at radius 2 is 1.91 bits per heavy atom. The maximum atomic E-state index is 12.8. The molecule has 1 atom stereocenters. The van der Waals surface area contributed by atoms with E-state index >= 15 is 0 Å². The second kappa shape index (κ2) is 6.89. The van der Waals surface area contributed by atoms with Crippen LogP contribution in [0.1, 0.15) is 45.4 Å². The average molecular weight is 328 g/mol. The number of nitrogens with zero attached hydrogens (tertiary/aromatic N) is 2. The zero-order chi connectivity index (χ0) is 16.3. The predicted molar refractivity (Wildman–Crippen MR) is 84.5 cm³/mol. The average Bonchev–Trinajstić information content (AvgIpc) is 3.02. The van der Waals surface area contributed by atoms with Gasteiger partial charge in [0, 0.05) is 19.2 Å². The highest BCUT2D eigenvalue weighted by Crippen LogP contribution is 2.35. The molecule has 1 saturated heterocycles. The van der Waals surface area contributed by atoms with Crippen LogP contribution in [0.15, 0.2) is 0 Å². The second-order valence-corrected chi connectivity index (χ2v) is 7.03. The highest BCUT2D eigenvalue weighted by molar-refractivity contribution is 7.99. The fraction of sp³-hybridized carbons (Fsp3) is 0.800. The lowest BCUT2D eigenvalue weighted by Crippen LogP contribution is -2.60. The van der Waals surface area contributed by atoms with E-state index in [0.29, 0.717) is 30.9 Å². The van der Waals surface area contributed by atoms with E-state index in [1.54, 1.807) is 30.6 Å². The number of carboxylic acid groups (broad SMARTS) is 1. The Bertz CT molecular complexity index is 462. The molecular weight excluding hydrogens is 304 g/mol. The van der Waals surface area contributed by atoms with Crippen molar-refractivity contribution in [3.63, 3.8) is 0 Å². The van der Waals surface area contributed by atoms with Gasteiger partial charge in [-0.1, -0.05) is 26.2 Å². The molecule has 0 aromatic carbocycles. The topological polar surface area (TPSA) is 77.9 Å². The van der Waals surface area contributed by atoms with E-state index in [4.69, 9.17) is 0 Å². The number of carbonyl (C=O) groups excluding carboxylic acids is 2. The minimum absolute atomic E-state index is 0.0511. The number of carboxylic acids is 1. The van der Waals surface area contributed by atoms with E-state index in [-0.39, 0.29) is 11.8 Å². The molecule has 2 aliphatic rings. The number of carbonyl (C=O) groups is 3. The number of rotatable bonds is 4. The van der Waals surface area contributed by atoms with Crippen molar-refractivity contribution in [3.8, 4) is 0 Å². The maximum Gasteiger partial charge on any atom is 0.329 e. The number of aliphatic carboxylic acids is 1. The van der Waals surface area contributed by atoms with Crippen LogP contribution in [0.25, 0.3) is 0 Å². The Hall–Kier alpha value is -1.24. The van der Waals surface area contributed by atoms with E-state index in [2.05, 4.69) is 0 Å². The minimum atomic E-state index is -1.11. The second-order valence-electron chi connectivity index (χ2n) is 6.03. The molecular formula is C15H24N2O4S. The fourth-order valence-electron chi connectivity index (χ4n) is 3.36. The summed E-state index contributed by atoms with van der Waals surface area (Å²) in [7, 11) is 1.58. The summed E-state index contributed by atoms with van der Waals surface area (Å²) >= 11 is 1.54. The van der Waals surface area contributed by atoms with Crippen molar-refractivity contribution >= 4 is 29.5 Å². The molecule has 0 spiro atoms. The van der Waals surface area contributed by atoms with E-state index in [9.17, 15) is 19.5 Å². The molecule has 0 radical (unpaired) electrons. The van der Waals surface area contributed by atoms with Gasteiger partial charge in [0.1, 0.15) is 11.6 Å². The van der Waals surface area contributed by atoms with Crippen LogP contribution >= 0.6 is 11.8 Å². The molecule has 2 rings (SSSR count). The highest BCUT2D eigenvalue weighted by atomic mass is 32.2. The third-order valence-corrected chi connectivity index (χ3v) is 5.85. The Kier molecular flexibility index (Phi) is 5.36. The van der Waals surface area contributed by atoms with E-state index in [1.807, 2.05) is 0 Å². The van der Waals surface area contributed by atoms with Crippen LogP contribution in [-0.4, -0.2) is 62.9 Å². The summed E-state index contributed by atoms with van der Waals surface area (Å²) in [5.41, 5.74) is -1.11. The lowest BCUT2D eigenvalue weighted by Gasteiger charge is -2.42. The first-order valence-corrected chi connectivity index (χ1v) is 8.98. The van der Waals surface area contributed by atoms with Crippen molar-refractivity contribution in [2.75, 3.05) is 18.7 Å². The van der Waals surface area contributed by atoms with E-state index in [1.165, 1.54) is 4.90 Å². The number of hydrogen-bond donors (Lipinski definition) is 1. The Morgan fingerprint density at radius 3 is 2.45 bits per heavy atom. The molecule has 2 amide bonds. The van der Waals surface area contributed by atoms with Crippen LogP contribution in [0.2, 0.25) is 0 Å². The zero-order valence-corrected chi connectivity index (χ0v) is 14.0. The lowest BCUT2D eigenvalue weighted by molar-refractivity contribution is -0.162. The largest absolute Gasteiger partial charge is 0.479 e. The van der Waals surface area contributed by atoms with Crippen LogP contribution < -0.4 is 0 Å². The molecule has 2 fully saturated rings. The van der Waals surface area contributed by atoms with Gasteiger partial charge in [0.05, 0.1) is 5.88 Å². The first-order valence-electron chi connectivity index (χ1n) is 7.82. The van der Waals surface area contributed by atoms with Crippen LogP contribution in [0.3, 0.4) is 0 Å². The van der Waals surface area contributed by atoms with Gasteiger partial charge in [-0.25, -0.2) is 4.79 Å². The maximum absolute atomic E-state index is 12.8. The monoisotopic (exact) mass is 328 g/mol.